The molecule has 0 aliphatic carbocycles. The van der Waals surface area contributed by atoms with Gasteiger partial charge in [-0.05, 0) is 18.2 Å². The molecule has 0 unspecified atom stereocenters. The zero-order chi connectivity index (χ0) is 8.27. The smallest absolute Gasteiger partial charge is 0.221 e. The van der Waals surface area contributed by atoms with Gasteiger partial charge < -0.3 is 11.1 Å². The van der Waals surface area contributed by atoms with Crippen LogP contribution in [0.3, 0.4) is 0 Å². The average molecular weight is 148 g/mol. The van der Waals surface area contributed by atoms with Gasteiger partial charge in [-0.2, -0.15) is 0 Å². The zero-order valence-corrected chi connectivity index (χ0v) is 6.14. The van der Waals surface area contributed by atoms with Crippen LogP contribution < -0.4 is 11.1 Å². The van der Waals surface area contributed by atoms with Crippen LogP contribution >= 0.6 is 0 Å². The fourth-order valence-electron chi connectivity index (χ4n) is 0.680. The standard InChI is InChI=1S/C8H8N2O/c1-6(11)10-8-5-3-2-4-7(8)9/h2,4H,9H2,1H3,(H,10,11). The molecule has 3 N–H and O–H groups in total. The van der Waals surface area contributed by atoms with Crippen molar-refractivity contribution in [3.63, 3.8) is 0 Å². The first-order valence-electron chi connectivity index (χ1n) is 3.15. The van der Waals surface area contributed by atoms with Gasteiger partial charge >= 0.3 is 0 Å². The minimum absolute atomic E-state index is 0.160. The zero-order valence-electron chi connectivity index (χ0n) is 6.14. The summed E-state index contributed by atoms with van der Waals surface area (Å²) in [6.07, 6.45) is 0. The molecule has 3 nitrogen and oxygen atoms in total. The van der Waals surface area contributed by atoms with Crippen molar-refractivity contribution in [2.75, 3.05) is 11.1 Å². The molecule has 1 rings (SSSR count). The van der Waals surface area contributed by atoms with Gasteiger partial charge in [0.05, 0.1) is 5.69 Å². The highest BCUT2D eigenvalue weighted by Gasteiger charge is 1.96. The van der Waals surface area contributed by atoms with Crippen LogP contribution in [-0.4, -0.2) is 5.91 Å². The fraction of sp³-hybridized carbons (Fsp3) is 0.125. The minimum Gasteiger partial charge on any atom is -0.396 e. The molecule has 0 aromatic heterocycles. The summed E-state index contributed by atoms with van der Waals surface area (Å²) in [5.74, 6) is -0.160. The second-order valence-electron chi connectivity index (χ2n) is 2.11. The van der Waals surface area contributed by atoms with Gasteiger partial charge in [0.2, 0.25) is 5.91 Å². The molecule has 0 bridgehead atoms. The summed E-state index contributed by atoms with van der Waals surface area (Å²) in [5, 5.41) is 2.52. The van der Waals surface area contributed by atoms with Gasteiger partial charge in [0.15, 0.2) is 0 Å². The highest BCUT2D eigenvalue weighted by molar-refractivity contribution is 5.91. The Kier molecular flexibility index (Phi) is 1.98. The van der Waals surface area contributed by atoms with Crippen LogP contribution in [0.1, 0.15) is 6.92 Å². The third kappa shape index (κ3) is 1.87. The van der Waals surface area contributed by atoms with Crippen LogP contribution in [-0.2, 0) is 4.79 Å². The summed E-state index contributed by atoms with van der Waals surface area (Å²) in [7, 11) is 0. The molecule has 1 amide bonds. The Morgan fingerprint density at radius 3 is 3.00 bits per heavy atom. The van der Waals surface area contributed by atoms with Gasteiger partial charge in [0.1, 0.15) is 5.69 Å². The molecule has 0 aliphatic rings. The fourth-order valence-corrected chi connectivity index (χ4v) is 0.680. The highest BCUT2D eigenvalue weighted by Crippen LogP contribution is 2.12. The van der Waals surface area contributed by atoms with Crippen LogP contribution in [0.4, 0.5) is 11.4 Å². The lowest BCUT2D eigenvalue weighted by molar-refractivity contribution is -0.114. The summed E-state index contributed by atoms with van der Waals surface area (Å²) >= 11 is 0. The lowest BCUT2D eigenvalue weighted by Gasteiger charge is -2.00. The predicted octanol–water partition coefficient (Wildman–Crippen LogP) is 0.828. The van der Waals surface area contributed by atoms with Crippen LogP contribution in [0, 0.1) is 12.1 Å². The van der Waals surface area contributed by atoms with E-state index in [9.17, 15) is 4.79 Å². The Balaban J connectivity index is 2.86. The maximum Gasteiger partial charge on any atom is 0.221 e. The minimum atomic E-state index is -0.160. The number of hydrogen-bond donors (Lipinski definition) is 2. The Morgan fingerprint density at radius 1 is 1.73 bits per heavy atom. The Morgan fingerprint density at radius 2 is 2.45 bits per heavy atom. The molecule has 1 aromatic rings. The lowest BCUT2D eigenvalue weighted by atomic mass is 10.3. The largest absolute Gasteiger partial charge is 0.396 e. The van der Waals surface area contributed by atoms with E-state index in [1.54, 1.807) is 12.1 Å². The van der Waals surface area contributed by atoms with E-state index in [2.05, 4.69) is 17.4 Å². The molecule has 1 aromatic carbocycles. The number of carbonyl (C=O) groups is 1. The first-order valence-corrected chi connectivity index (χ1v) is 3.15. The van der Waals surface area contributed by atoms with Crippen molar-refractivity contribution in [2.45, 2.75) is 6.92 Å². The molecule has 0 saturated heterocycles. The third-order valence-corrected chi connectivity index (χ3v) is 1.13. The van der Waals surface area contributed by atoms with E-state index in [-0.39, 0.29) is 5.91 Å². The molecule has 0 atom stereocenters. The van der Waals surface area contributed by atoms with E-state index in [0.717, 1.165) is 0 Å². The highest BCUT2D eigenvalue weighted by atomic mass is 16.1. The molecular formula is C8H8N2O. The van der Waals surface area contributed by atoms with Gasteiger partial charge in [-0.3, -0.25) is 4.79 Å². The van der Waals surface area contributed by atoms with Crippen molar-refractivity contribution < 1.29 is 4.79 Å². The van der Waals surface area contributed by atoms with E-state index >= 15 is 0 Å². The first-order chi connectivity index (χ1) is 5.20. The third-order valence-electron chi connectivity index (χ3n) is 1.13. The molecule has 3 heteroatoms. The van der Waals surface area contributed by atoms with Crippen LogP contribution in [0.5, 0.6) is 0 Å². The molecule has 56 valence electrons. The number of rotatable bonds is 1. The van der Waals surface area contributed by atoms with Crippen LogP contribution in [0.15, 0.2) is 12.1 Å². The molecule has 0 heterocycles. The van der Waals surface area contributed by atoms with E-state index in [0.29, 0.717) is 11.4 Å². The van der Waals surface area contributed by atoms with Gasteiger partial charge in [-0.25, -0.2) is 0 Å². The van der Waals surface area contributed by atoms with Crippen molar-refractivity contribution in [3.8, 4) is 0 Å². The quantitative estimate of drug-likeness (QED) is 0.619. The normalized spacial score (nSPS) is 8.45. The van der Waals surface area contributed by atoms with Crippen LogP contribution in [0.25, 0.3) is 0 Å². The van der Waals surface area contributed by atoms with Crippen molar-refractivity contribution in [1.82, 2.24) is 0 Å². The van der Waals surface area contributed by atoms with E-state index in [1.807, 2.05) is 0 Å². The van der Waals surface area contributed by atoms with E-state index < -0.39 is 0 Å². The molecular weight excluding hydrogens is 140 g/mol. The average Bonchev–Trinajstić information content (AvgIpc) is 1.93. The summed E-state index contributed by atoms with van der Waals surface area (Å²) in [4.78, 5) is 10.6. The summed E-state index contributed by atoms with van der Waals surface area (Å²) in [5.41, 5.74) is 6.49. The topological polar surface area (TPSA) is 55.1 Å². The molecule has 0 fully saturated rings. The van der Waals surface area contributed by atoms with Crippen molar-refractivity contribution >= 4 is 17.3 Å². The van der Waals surface area contributed by atoms with Gasteiger partial charge in [-0.15, -0.1) is 0 Å². The number of anilines is 2. The summed E-state index contributed by atoms with van der Waals surface area (Å²) in [6.45, 7) is 1.42. The molecule has 0 aliphatic heterocycles. The predicted molar refractivity (Wildman–Crippen MR) is 42.8 cm³/mol. The maximum absolute atomic E-state index is 10.6. The number of nitrogens with two attached hydrogens (primary N) is 1. The molecule has 0 saturated carbocycles. The maximum atomic E-state index is 10.6. The Bertz CT molecular complexity index is 271. The van der Waals surface area contributed by atoms with Gasteiger partial charge in [0, 0.05) is 6.92 Å². The van der Waals surface area contributed by atoms with Crippen molar-refractivity contribution in [3.05, 3.63) is 24.3 Å². The Labute approximate surface area is 65.2 Å². The van der Waals surface area contributed by atoms with E-state index in [4.69, 9.17) is 5.73 Å². The number of carbonyl (C=O) groups excluding carboxylic acids is 1. The SMILES string of the molecule is CC(=O)Nc1c#cccc1N. The second kappa shape index (κ2) is 2.93. The number of nitrogen functional groups attached to an aromatic ring is 1. The van der Waals surface area contributed by atoms with E-state index in [1.165, 1.54) is 6.92 Å². The second-order valence-corrected chi connectivity index (χ2v) is 2.11. The Hall–Kier alpha value is -1.69. The van der Waals surface area contributed by atoms with Crippen molar-refractivity contribution in [1.29, 1.82) is 0 Å². The number of nitrogens with one attached hydrogen (secondary N) is 1. The first kappa shape index (κ1) is 7.42. The molecule has 11 heavy (non-hydrogen) atoms. The number of hydrogen-bond acceptors (Lipinski definition) is 2. The molecule has 0 radical (unpaired) electrons. The summed E-state index contributed by atoms with van der Waals surface area (Å²) in [6, 6.07) is 8.67. The van der Waals surface area contributed by atoms with Crippen LogP contribution in [0.2, 0.25) is 0 Å². The van der Waals surface area contributed by atoms with Gasteiger partial charge in [0.25, 0.3) is 0 Å². The number of amides is 1. The summed E-state index contributed by atoms with van der Waals surface area (Å²) < 4.78 is 0. The van der Waals surface area contributed by atoms with Gasteiger partial charge in [-0.1, -0.05) is 6.07 Å². The lowest BCUT2D eigenvalue weighted by Crippen LogP contribution is -2.07. The van der Waals surface area contributed by atoms with Crippen molar-refractivity contribution in [2.24, 2.45) is 0 Å². The monoisotopic (exact) mass is 148 g/mol. The molecule has 0 spiro atoms.